The van der Waals surface area contributed by atoms with E-state index < -0.39 is 0 Å². The fourth-order valence-electron chi connectivity index (χ4n) is 3.16. The molecule has 0 amide bonds. The zero-order valence-corrected chi connectivity index (χ0v) is 9.91. The molecule has 0 N–H and O–H groups in total. The molecule has 2 aliphatic rings. The lowest BCUT2D eigenvalue weighted by molar-refractivity contribution is -0.124. The van der Waals surface area contributed by atoms with Crippen molar-refractivity contribution < 1.29 is 4.79 Å². The lowest BCUT2D eigenvalue weighted by Gasteiger charge is -2.19. The molecule has 2 bridgehead atoms. The van der Waals surface area contributed by atoms with Gasteiger partial charge in [-0.3, -0.25) is 4.79 Å². The summed E-state index contributed by atoms with van der Waals surface area (Å²) in [5.74, 6) is 2.87. The summed E-state index contributed by atoms with van der Waals surface area (Å²) in [4.78, 5) is 12.1. The molecule has 0 radical (unpaired) electrons. The van der Waals surface area contributed by atoms with Crippen molar-refractivity contribution in [2.45, 2.75) is 46.0 Å². The van der Waals surface area contributed by atoms with E-state index in [-0.39, 0.29) is 0 Å². The number of hydrogen-bond donors (Lipinski definition) is 0. The second-order valence-corrected chi connectivity index (χ2v) is 5.24. The molecule has 84 valence electrons. The van der Waals surface area contributed by atoms with Crippen LogP contribution in [0.15, 0.2) is 12.2 Å². The number of hydrogen-bond acceptors (Lipinski definition) is 1. The highest BCUT2D eigenvalue weighted by Gasteiger charge is 2.39. The van der Waals surface area contributed by atoms with Crippen molar-refractivity contribution in [3.05, 3.63) is 12.2 Å². The Morgan fingerprint density at radius 2 is 2.00 bits per heavy atom. The fourth-order valence-corrected chi connectivity index (χ4v) is 3.16. The van der Waals surface area contributed by atoms with Gasteiger partial charge in [-0.1, -0.05) is 38.8 Å². The molecule has 0 aromatic rings. The Morgan fingerprint density at radius 1 is 1.27 bits per heavy atom. The van der Waals surface area contributed by atoms with E-state index in [0.717, 1.165) is 31.6 Å². The Labute approximate surface area is 92.9 Å². The monoisotopic (exact) mass is 206 g/mol. The highest BCUT2D eigenvalue weighted by molar-refractivity contribution is 5.82. The van der Waals surface area contributed by atoms with E-state index in [0.29, 0.717) is 23.5 Å². The first-order valence-electron chi connectivity index (χ1n) is 6.45. The molecule has 2 rings (SSSR count). The van der Waals surface area contributed by atoms with Gasteiger partial charge in [0.1, 0.15) is 5.78 Å². The van der Waals surface area contributed by atoms with Crippen molar-refractivity contribution in [2.24, 2.45) is 23.7 Å². The quantitative estimate of drug-likeness (QED) is 0.628. The molecule has 1 nitrogen and oxygen atoms in total. The van der Waals surface area contributed by atoms with Crippen molar-refractivity contribution in [3.8, 4) is 0 Å². The van der Waals surface area contributed by atoms with Crippen LogP contribution < -0.4 is 0 Å². The Hall–Kier alpha value is -0.590. The molecule has 3 atom stereocenters. The molecule has 0 spiro atoms. The second kappa shape index (κ2) is 4.51. The third-order valence-corrected chi connectivity index (χ3v) is 4.34. The first-order chi connectivity index (χ1) is 7.24. The zero-order valence-electron chi connectivity index (χ0n) is 9.91. The van der Waals surface area contributed by atoms with Gasteiger partial charge in [0.15, 0.2) is 0 Å². The fraction of sp³-hybridized carbons (Fsp3) is 0.786. The van der Waals surface area contributed by atoms with Crippen molar-refractivity contribution in [1.82, 2.24) is 0 Å². The van der Waals surface area contributed by atoms with E-state index in [4.69, 9.17) is 0 Å². The second-order valence-electron chi connectivity index (χ2n) is 5.24. The van der Waals surface area contributed by atoms with Crippen LogP contribution in [0.4, 0.5) is 0 Å². The van der Waals surface area contributed by atoms with Gasteiger partial charge >= 0.3 is 0 Å². The van der Waals surface area contributed by atoms with Gasteiger partial charge in [0.25, 0.3) is 0 Å². The first-order valence-corrected chi connectivity index (χ1v) is 6.45. The van der Waals surface area contributed by atoms with Crippen LogP contribution in [-0.2, 0) is 4.79 Å². The summed E-state index contributed by atoms with van der Waals surface area (Å²) in [6.45, 7) is 4.39. The van der Waals surface area contributed by atoms with E-state index in [1.54, 1.807) is 0 Å². The van der Waals surface area contributed by atoms with Crippen LogP contribution in [0.1, 0.15) is 46.0 Å². The van der Waals surface area contributed by atoms with Gasteiger partial charge in [-0.15, -0.1) is 0 Å². The number of rotatable bonds is 5. The summed E-state index contributed by atoms with van der Waals surface area (Å²) in [5, 5.41) is 0. The smallest absolute Gasteiger partial charge is 0.136 e. The van der Waals surface area contributed by atoms with Crippen LogP contribution in [0.2, 0.25) is 0 Å². The van der Waals surface area contributed by atoms with Gasteiger partial charge in [-0.05, 0) is 30.6 Å². The molecule has 15 heavy (non-hydrogen) atoms. The van der Waals surface area contributed by atoms with Crippen LogP contribution in [0, 0.1) is 23.7 Å². The van der Waals surface area contributed by atoms with Crippen molar-refractivity contribution in [2.75, 3.05) is 0 Å². The van der Waals surface area contributed by atoms with Gasteiger partial charge in [-0.2, -0.15) is 0 Å². The van der Waals surface area contributed by atoms with Crippen LogP contribution >= 0.6 is 0 Å². The van der Waals surface area contributed by atoms with E-state index >= 15 is 0 Å². The normalized spacial score (nSPS) is 32.9. The van der Waals surface area contributed by atoms with E-state index in [9.17, 15) is 4.79 Å². The Morgan fingerprint density at radius 3 is 2.47 bits per heavy atom. The van der Waals surface area contributed by atoms with Gasteiger partial charge in [-0.25, -0.2) is 0 Å². The molecule has 0 saturated heterocycles. The molecule has 0 unspecified atom stereocenters. The molecule has 1 heteroatoms. The van der Waals surface area contributed by atoms with Crippen LogP contribution in [-0.4, -0.2) is 5.78 Å². The first kappa shape index (κ1) is 10.9. The number of Topliss-reactive ketones (excluding diaryl/α,β-unsaturated/α-hetero) is 1. The molecule has 1 saturated carbocycles. The third kappa shape index (κ3) is 2.16. The maximum Gasteiger partial charge on any atom is 0.136 e. The largest absolute Gasteiger partial charge is 0.299 e. The van der Waals surface area contributed by atoms with Crippen LogP contribution in [0.5, 0.6) is 0 Å². The van der Waals surface area contributed by atoms with Gasteiger partial charge in [0.2, 0.25) is 0 Å². The molecule has 0 aromatic heterocycles. The molecule has 0 aliphatic heterocycles. The number of ketones is 1. The average molecular weight is 206 g/mol. The van der Waals surface area contributed by atoms with Crippen molar-refractivity contribution >= 4 is 5.78 Å². The summed E-state index contributed by atoms with van der Waals surface area (Å²) in [6.07, 6.45) is 10.1. The highest BCUT2D eigenvalue weighted by atomic mass is 16.1. The van der Waals surface area contributed by atoms with Crippen LogP contribution in [0.25, 0.3) is 0 Å². The summed E-state index contributed by atoms with van der Waals surface area (Å²) < 4.78 is 0. The van der Waals surface area contributed by atoms with Crippen molar-refractivity contribution in [3.63, 3.8) is 0 Å². The standard InChI is InChI=1S/C14H22O/c1-3-10(4-2)9-14(15)13-8-11-5-6-12(13)7-11/h5-6,10-13H,3-4,7-9H2,1-2H3/t11-,12+,13+/m0/s1. The average Bonchev–Trinajstić information content (AvgIpc) is 2.87. The summed E-state index contributed by atoms with van der Waals surface area (Å²) in [5.41, 5.74) is 0. The predicted octanol–water partition coefficient (Wildman–Crippen LogP) is 3.59. The predicted molar refractivity (Wildman–Crippen MR) is 62.5 cm³/mol. The van der Waals surface area contributed by atoms with E-state index in [2.05, 4.69) is 26.0 Å². The lowest BCUT2D eigenvalue weighted by Crippen LogP contribution is -2.21. The number of allylic oxidation sites excluding steroid dienone is 2. The Bertz CT molecular complexity index is 263. The molecule has 0 heterocycles. The molecule has 1 fully saturated rings. The van der Waals surface area contributed by atoms with Gasteiger partial charge in [0.05, 0.1) is 0 Å². The summed E-state index contributed by atoms with van der Waals surface area (Å²) in [6, 6.07) is 0. The minimum atomic E-state index is 0.376. The Kier molecular flexibility index (Phi) is 3.28. The highest BCUT2D eigenvalue weighted by Crippen LogP contribution is 2.44. The third-order valence-electron chi connectivity index (χ3n) is 4.34. The molecule has 2 aliphatic carbocycles. The molecular formula is C14H22O. The Balaban J connectivity index is 1.89. The maximum atomic E-state index is 12.1. The summed E-state index contributed by atoms with van der Waals surface area (Å²) in [7, 11) is 0. The van der Waals surface area contributed by atoms with E-state index in [1.165, 1.54) is 6.42 Å². The van der Waals surface area contributed by atoms with Crippen LogP contribution in [0.3, 0.4) is 0 Å². The maximum absolute atomic E-state index is 12.1. The lowest BCUT2D eigenvalue weighted by atomic mass is 9.84. The van der Waals surface area contributed by atoms with Gasteiger partial charge < -0.3 is 0 Å². The molecular weight excluding hydrogens is 184 g/mol. The van der Waals surface area contributed by atoms with E-state index in [1.807, 2.05) is 0 Å². The summed E-state index contributed by atoms with van der Waals surface area (Å²) >= 11 is 0. The molecule has 0 aromatic carbocycles. The topological polar surface area (TPSA) is 17.1 Å². The minimum absolute atomic E-state index is 0.376. The number of carbonyl (C=O) groups excluding carboxylic acids is 1. The van der Waals surface area contributed by atoms with Gasteiger partial charge in [0, 0.05) is 12.3 Å². The zero-order chi connectivity index (χ0) is 10.8. The van der Waals surface area contributed by atoms with Crippen molar-refractivity contribution in [1.29, 1.82) is 0 Å². The SMILES string of the molecule is CCC(CC)CC(=O)[C@@H]1C[C@H]2C=C[C@@H]1C2. The number of fused-ring (bicyclic) bond motifs is 2. The minimum Gasteiger partial charge on any atom is -0.299 e. The number of carbonyl (C=O) groups is 1.